The Bertz CT molecular complexity index is 906. The summed E-state index contributed by atoms with van der Waals surface area (Å²) < 4.78 is 1.08. The second-order valence-electron chi connectivity index (χ2n) is 5.38. The highest BCUT2D eigenvalue weighted by Crippen LogP contribution is 2.40. The van der Waals surface area contributed by atoms with Crippen LogP contribution in [0.3, 0.4) is 0 Å². The van der Waals surface area contributed by atoms with E-state index in [-0.39, 0.29) is 0 Å². The summed E-state index contributed by atoms with van der Waals surface area (Å²) in [7, 11) is 0. The number of hydrogen-bond donors (Lipinski definition) is 2. The topological polar surface area (TPSA) is 40.2 Å². The summed E-state index contributed by atoms with van der Waals surface area (Å²) in [5.74, 6) is 0. The fraction of sp³-hybridized carbons (Fsp3) is 0.118. The van der Waals surface area contributed by atoms with Gasteiger partial charge in [-0.25, -0.2) is 4.99 Å². The molecular formula is C17H14BrN3. The van der Waals surface area contributed by atoms with E-state index in [4.69, 9.17) is 4.99 Å². The second-order valence-corrected chi connectivity index (χ2v) is 6.24. The third-order valence-electron chi connectivity index (χ3n) is 3.82. The van der Waals surface area contributed by atoms with Gasteiger partial charge in [-0.3, -0.25) is 0 Å². The summed E-state index contributed by atoms with van der Waals surface area (Å²) in [5, 5.41) is 4.73. The molecule has 0 atom stereocenters. The number of aromatic amines is 1. The Kier molecular flexibility index (Phi) is 2.69. The van der Waals surface area contributed by atoms with Gasteiger partial charge in [0.05, 0.1) is 34.0 Å². The van der Waals surface area contributed by atoms with Gasteiger partial charge in [-0.1, -0.05) is 12.1 Å². The van der Waals surface area contributed by atoms with E-state index in [1.807, 2.05) is 25.1 Å². The average molecular weight is 340 g/mol. The standard InChI is InChI=1S/C17H14BrN3/c1-9-7-11-16(12(18)8-9)21-15-10(2)19-13-5-3-4-6-14(13)20-17(11)15/h3-8,20-21H,1-2H3. The fourth-order valence-electron chi connectivity index (χ4n) is 2.84. The molecule has 1 aromatic heterocycles. The van der Waals surface area contributed by atoms with Crippen LogP contribution in [0.4, 0.5) is 17.1 Å². The van der Waals surface area contributed by atoms with Crippen LogP contribution in [0.2, 0.25) is 0 Å². The highest BCUT2D eigenvalue weighted by Gasteiger charge is 2.19. The molecule has 0 saturated heterocycles. The molecule has 2 heterocycles. The molecule has 0 radical (unpaired) electrons. The van der Waals surface area contributed by atoms with E-state index < -0.39 is 0 Å². The summed E-state index contributed by atoms with van der Waals surface area (Å²) >= 11 is 3.65. The molecule has 2 aromatic carbocycles. The van der Waals surface area contributed by atoms with Crippen LogP contribution < -0.4 is 5.32 Å². The van der Waals surface area contributed by atoms with Crippen molar-refractivity contribution >= 4 is 49.6 Å². The number of H-pyrrole nitrogens is 1. The number of fused-ring (bicyclic) bond motifs is 4. The van der Waals surface area contributed by atoms with Gasteiger partial charge >= 0.3 is 0 Å². The van der Waals surface area contributed by atoms with E-state index in [0.717, 1.165) is 38.5 Å². The first-order valence-electron chi connectivity index (χ1n) is 6.87. The van der Waals surface area contributed by atoms with Crippen molar-refractivity contribution in [3.63, 3.8) is 0 Å². The Balaban J connectivity index is 2.07. The molecule has 3 nitrogen and oxygen atoms in total. The lowest BCUT2D eigenvalue weighted by Gasteiger charge is -2.07. The molecule has 0 spiro atoms. The Hall–Kier alpha value is -2.07. The normalized spacial score (nSPS) is 13.2. The summed E-state index contributed by atoms with van der Waals surface area (Å²) in [6, 6.07) is 12.4. The third-order valence-corrected chi connectivity index (χ3v) is 4.44. The maximum Gasteiger partial charge on any atom is 0.0868 e. The molecule has 4 rings (SSSR count). The number of nitrogens with zero attached hydrogens (tertiary/aromatic N) is 1. The van der Waals surface area contributed by atoms with Crippen molar-refractivity contribution in [1.29, 1.82) is 0 Å². The van der Waals surface area contributed by atoms with Gasteiger partial charge in [0.2, 0.25) is 0 Å². The van der Waals surface area contributed by atoms with E-state index in [1.165, 1.54) is 10.9 Å². The van der Waals surface area contributed by atoms with Crippen LogP contribution >= 0.6 is 15.9 Å². The number of rotatable bonds is 0. The summed E-state index contributed by atoms with van der Waals surface area (Å²) in [4.78, 5) is 8.23. The number of aliphatic imine (C=N–C) groups is 1. The minimum absolute atomic E-state index is 0.972. The lowest BCUT2D eigenvalue weighted by atomic mass is 10.1. The Morgan fingerprint density at radius 3 is 2.76 bits per heavy atom. The smallest absolute Gasteiger partial charge is 0.0868 e. The van der Waals surface area contributed by atoms with Crippen molar-refractivity contribution < 1.29 is 0 Å². The highest BCUT2D eigenvalue weighted by molar-refractivity contribution is 9.10. The van der Waals surface area contributed by atoms with Crippen LogP contribution in [0.1, 0.15) is 18.2 Å². The molecule has 2 N–H and O–H groups in total. The van der Waals surface area contributed by atoms with Crippen LogP contribution in [0.15, 0.2) is 45.9 Å². The van der Waals surface area contributed by atoms with E-state index in [2.05, 4.69) is 51.4 Å². The van der Waals surface area contributed by atoms with Crippen molar-refractivity contribution in [3.8, 4) is 0 Å². The van der Waals surface area contributed by atoms with Crippen molar-refractivity contribution in [3.05, 3.63) is 52.1 Å². The Morgan fingerprint density at radius 2 is 1.90 bits per heavy atom. The minimum Gasteiger partial charge on any atom is -0.351 e. The van der Waals surface area contributed by atoms with Crippen molar-refractivity contribution in [2.75, 3.05) is 5.32 Å². The summed E-state index contributed by atoms with van der Waals surface area (Å²) in [6.07, 6.45) is 0. The molecule has 0 unspecified atom stereocenters. The van der Waals surface area contributed by atoms with Gasteiger partial charge in [0.15, 0.2) is 0 Å². The third kappa shape index (κ3) is 1.90. The number of hydrogen-bond acceptors (Lipinski definition) is 2. The van der Waals surface area contributed by atoms with Gasteiger partial charge < -0.3 is 10.3 Å². The molecule has 0 amide bonds. The average Bonchev–Trinajstić information content (AvgIpc) is 2.73. The quantitative estimate of drug-likeness (QED) is 0.562. The summed E-state index contributed by atoms with van der Waals surface area (Å²) in [5.41, 5.74) is 7.47. The molecule has 0 bridgehead atoms. The molecule has 104 valence electrons. The van der Waals surface area contributed by atoms with Gasteiger partial charge in [-0.15, -0.1) is 0 Å². The largest absolute Gasteiger partial charge is 0.351 e. The molecule has 4 heteroatoms. The van der Waals surface area contributed by atoms with Gasteiger partial charge in [-0.2, -0.15) is 0 Å². The van der Waals surface area contributed by atoms with Crippen LogP contribution in [0, 0.1) is 6.92 Å². The number of aromatic nitrogens is 1. The van der Waals surface area contributed by atoms with Gasteiger partial charge in [0, 0.05) is 9.86 Å². The maximum absolute atomic E-state index is 4.74. The number of anilines is 2. The van der Waals surface area contributed by atoms with E-state index in [1.54, 1.807) is 0 Å². The fourth-order valence-corrected chi connectivity index (χ4v) is 3.51. The summed E-state index contributed by atoms with van der Waals surface area (Å²) in [6.45, 7) is 4.15. The first kappa shape index (κ1) is 12.7. The molecule has 0 saturated carbocycles. The zero-order valence-electron chi connectivity index (χ0n) is 11.8. The highest BCUT2D eigenvalue weighted by atomic mass is 79.9. The first-order chi connectivity index (χ1) is 10.1. The van der Waals surface area contributed by atoms with Crippen LogP contribution in [-0.4, -0.2) is 10.7 Å². The Morgan fingerprint density at radius 1 is 1.10 bits per heavy atom. The van der Waals surface area contributed by atoms with Crippen LogP contribution in [0.25, 0.3) is 10.9 Å². The van der Waals surface area contributed by atoms with Crippen LogP contribution in [-0.2, 0) is 0 Å². The van der Waals surface area contributed by atoms with Crippen molar-refractivity contribution in [1.82, 2.24) is 4.98 Å². The molecule has 1 aliphatic heterocycles. The van der Waals surface area contributed by atoms with Crippen molar-refractivity contribution in [2.45, 2.75) is 13.8 Å². The number of para-hydroxylation sites is 2. The van der Waals surface area contributed by atoms with Gasteiger partial charge in [0.1, 0.15) is 0 Å². The molecule has 1 aliphatic rings. The minimum atomic E-state index is 0.972. The SMILES string of the molecule is CC1=Nc2ccccc2Nc2c1[nH]c1c(Br)cc(C)cc21. The van der Waals surface area contributed by atoms with E-state index >= 15 is 0 Å². The molecule has 3 aromatic rings. The maximum atomic E-state index is 4.74. The predicted octanol–water partition coefficient (Wildman–Crippen LogP) is 5.44. The zero-order chi connectivity index (χ0) is 14.6. The lowest BCUT2D eigenvalue weighted by Crippen LogP contribution is -1.96. The molecular weight excluding hydrogens is 326 g/mol. The molecule has 21 heavy (non-hydrogen) atoms. The number of aryl methyl sites for hydroxylation is 1. The molecule has 0 fully saturated rings. The first-order valence-corrected chi connectivity index (χ1v) is 7.66. The molecule has 0 aliphatic carbocycles. The van der Waals surface area contributed by atoms with Crippen molar-refractivity contribution in [2.24, 2.45) is 4.99 Å². The number of nitrogens with one attached hydrogen (secondary N) is 2. The predicted molar refractivity (Wildman–Crippen MR) is 92.3 cm³/mol. The van der Waals surface area contributed by atoms with Gasteiger partial charge in [-0.05, 0) is 59.6 Å². The van der Waals surface area contributed by atoms with Gasteiger partial charge in [0.25, 0.3) is 0 Å². The van der Waals surface area contributed by atoms with E-state index in [9.17, 15) is 0 Å². The number of benzene rings is 2. The number of halogens is 1. The lowest BCUT2D eigenvalue weighted by molar-refractivity contribution is 1.38. The zero-order valence-corrected chi connectivity index (χ0v) is 13.4. The monoisotopic (exact) mass is 339 g/mol. The Labute approximate surface area is 131 Å². The van der Waals surface area contributed by atoms with E-state index in [0.29, 0.717) is 0 Å². The van der Waals surface area contributed by atoms with Crippen LogP contribution in [0.5, 0.6) is 0 Å². The second kappa shape index (κ2) is 4.46.